The van der Waals surface area contributed by atoms with Crippen LogP contribution in [0.3, 0.4) is 0 Å². The number of aliphatic hydroxyl groups is 2. The monoisotopic (exact) mass is 433 g/mol. The number of carbonyl (C=O) groups excluding carboxylic acids is 1. The Kier molecular flexibility index (Phi) is 7.53. The second-order valence-corrected chi connectivity index (χ2v) is 7.43. The first-order chi connectivity index (χ1) is 13.9. The highest BCUT2D eigenvalue weighted by atomic mass is 19.2. The molecule has 1 saturated heterocycles. The number of hydrogen-bond acceptors (Lipinski definition) is 9. The molecule has 0 spiro atoms. The lowest BCUT2D eigenvalue weighted by Crippen LogP contribution is -2.52. The third-order valence-electron chi connectivity index (χ3n) is 4.78. The van der Waals surface area contributed by atoms with E-state index in [2.05, 4.69) is 5.32 Å². The number of hydrogen-bond donors (Lipinski definition) is 4. The van der Waals surface area contributed by atoms with Crippen molar-refractivity contribution >= 4 is 5.97 Å². The number of aromatic nitrogens is 2. The van der Waals surface area contributed by atoms with Crippen molar-refractivity contribution in [3.8, 4) is 0 Å². The Hall–Kier alpha value is -2.12. The van der Waals surface area contributed by atoms with Gasteiger partial charge in [0.05, 0.1) is 12.8 Å². The molecule has 2 rings (SSSR count). The lowest BCUT2D eigenvalue weighted by atomic mass is 9.90. The molecule has 2 heterocycles. The number of esters is 1. The van der Waals surface area contributed by atoms with Crippen molar-refractivity contribution in [2.45, 2.75) is 70.0 Å². The fraction of sp³-hybridized carbons (Fsp3) is 0.722. The third kappa shape index (κ3) is 4.95. The largest absolute Gasteiger partial charge is 0.462 e. The smallest absolute Gasteiger partial charge is 0.330 e. The van der Waals surface area contributed by atoms with Gasteiger partial charge in [0, 0.05) is 12.3 Å². The van der Waals surface area contributed by atoms with Gasteiger partial charge in [-0.05, 0) is 27.2 Å². The van der Waals surface area contributed by atoms with Crippen molar-refractivity contribution in [1.29, 1.82) is 0 Å². The van der Waals surface area contributed by atoms with Crippen LogP contribution in [-0.2, 0) is 19.0 Å². The lowest BCUT2D eigenvalue weighted by Gasteiger charge is -2.30. The summed E-state index contributed by atoms with van der Waals surface area (Å²) >= 11 is 0. The highest BCUT2D eigenvalue weighted by Gasteiger charge is 2.64. The summed E-state index contributed by atoms with van der Waals surface area (Å²) in [4.78, 5) is 37.0. The van der Waals surface area contributed by atoms with Crippen molar-refractivity contribution < 1.29 is 33.6 Å². The number of rotatable bonds is 9. The standard InChI is InChI=1S/C18H28FN3O8/c1-5-17(27)14(25)18(19,8-28-9-20-11(4)13(24)29-10(2)3)30-15(17)22-7-6-12(23)21-16(22)26/h6-7,10-11,14-15,20,25,27H,5,8-9H2,1-4H3,(H,21,23,26)/t11-,14-,15+,17+,18+/m0/s1. The van der Waals surface area contributed by atoms with Crippen LogP contribution in [0.1, 0.15) is 40.3 Å². The maximum Gasteiger partial charge on any atom is 0.330 e. The highest BCUT2D eigenvalue weighted by molar-refractivity contribution is 5.75. The molecule has 0 aromatic carbocycles. The summed E-state index contributed by atoms with van der Waals surface area (Å²) in [7, 11) is 0. The first-order valence-electron chi connectivity index (χ1n) is 9.55. The van der Waals surface area contributed by atoms with Crippen LogP contribution in [0.25, 0.3) is 0 Å². The summed E-state index contributed by atoms with van der Waals surface area (Å²) in [5.41, 5.74) is -3.78. The van der Waals surface area contributed by atoms with Gasteiger partial charge < -0.3 is 24.4 Å². The molecule has 12 heteroatoms. The molecule has 30 heavy (non-hydrogen) atoms. The molecule has 1 fully saturated rings. The summed E-state index contributed by atoms with van der Waals surface area (Å²) in [5.74, 6) is -3.37. The number of nitrogens with zero attached hydrogens (tertiary/aromatic N) is 1. The molecule has 1 aromatic heterocycles. The van der Waals surface area contributed by atoms with Gasteiger partial charge in [0.2, 0.25) is 0 Å². The Morgan fingerprint density at radius 3 is 2.67 bits per heavy atom. The molecule has 1 aromatic rings. The van der Waals surface area contributed by atoms with E-state index in [9.17, 15) is 24.6 Å². The van der Waals surface area contributed by atoms with Crippen LogP contribution in [0.5, 0.6) is 0 Å². The molecule has 4 N–H and O–H groups in total. The number of ether oxygens (including phenoxy) is 3. The summed E-state index contributed by atoms with van der Waals surface area (Å²) in [6.07, 6.45) is -3.08. The van der Waals surface area contributed by atoms with E-state index in [1.165, 1.54) is 13.8 Å². The van der Waals surface area contributed by atoms with Gasteiger partial charge in [0.25, 0.3) is 11.4 Å². The van der Waals surface area contributed by atoms with Gasteiger partial charge in [-0.25, -0.2) is 9.18 Å². The van der Waals surface area contributed by atoms with Crippen molar-refractivity contribution in [3.63, 3.8) is 0 Å². The van der Waals surface area contributed by atoms with E-state index >= 15 is 4.39 Å². The van der Waals surface area contributed by atoms with Gasteiger partial charge in [0.1, 0.15) is 24.4 Å². The Morgan fingerprint density at radius 1 is 1.43 bits per heavy atom. The van der Waals surface area contributed by atoms with Crippen LogP contribution in [0.2, 0.25) is 0 Å². The van der Waals surface area contributed by atoms with Gasteiger partial charge in [-0.3, -0.25) is 24.5 Å². The quantitative estimate of drug-likeness (QED) is 0.221. The normalized spacial score (nSPS) is 29.9. The zero-order valence-electron chi connectivity index (χ0n) is 17.3. The van der Waals surface area contributed by atoms with Crippen LogP contribution in [0.15, 0.2) is 21.9 Å². The predicted octanol–water partition coefficient (Wildman–Crippen LogP) is -0.863. The predicted molar refractivity (Wildman–Crippen MR) is 101 cm³/mol. The number of alkyl halides is 1. The zero-order chi connectivity index (χ0) is 22.7. The number of aromatic amines is 1. The van der Waals surface area contributed by atoms with E-state index in [4.69, 9.17) is 14.2 Å². The second-order valence-electron chi connectivity index (χ2n) is 7.43. The molecule has 1 aliphatic heterocycles. The molecule has 11 nitrogen and oxygen atoms in total. The lowest BCUT2D eigenvalue weighted by molar-refractivity contribution is -0.217. The van der Waals surface area contributed by atoms with Crippen LogP contribution in [0.4, 0.5) is 4.39 Å². The first-order valence-corrected chi connectivity index (χ1v) is 9.55. The average Bonchev–Trinajstić information content (AvgIpc) is 2.86. The highest BCUT2D eigenvalue weighted by Crippen LogP contribution is 2.46. The van der Waals surface area contributed by atoms with Crippen LogP contribution in [0, 0.1) is 0 Å². The molecule has 0 amide bonds. The number of carbonyl (C=O) groups is 1. The molecule has 0 aliphatic carbocycles. The number of aliphatic hydroxyl groups excluding tert-OH is 1. The number of H-pyrrole nitrogens is 1. The van der Waals surface area contributed by atoms with Crippen molar-refractivity contribution in [2.75, 3.05) is 13.3 Å². The van der Waals surface area contributed by atoms with Gasteiger partial charge >= 0.3 is 11.7 Å². The Morgan fingerprint density at radius 2 is 2.10 bits per heavy atom. The summed E-state index contributed by atoms with van der Waals surface area (Å²) in [6, 6.07) is 0.279. The topological polar surface area (TPSA) is 152 Å². The SMILES string of the molecule is CC[C@]1(O)[C@H](n2ccc(=O)[nH]c2=O)O[C@](F)(COCN[C@@H](C)C(=O)OC(C)C)[C@H]1O. The van der Waals surface area contributed by atoms with Crippen LogP contribution < -0.4 is 16.6 Å². The van der Waals surface area contributed by atoms with Crippen molar-refractivity contribution in [2.24, 2.45) is 0 Å². The fourth-order valence-corrected chi connectivity index (χ4v) is 3.04. The summed E-state index contributed by atoms with van der Waals surface area (Å²) in [6.45, 7) is 5.34. The third-order valence-corrected chi connectivity index (χ3v) is 4.78. The minimum absolute atomic E-state index is 0.160. The van der Waals surface area contributed by atoms with E-state index < -0.39 is 53.7 Å². The minimum atomic E-state index is -2.85. The van der Waals surface area contributed by atoms with E-state index in [-0.39, 0.29) is 19.3 Å². The molecule has 0 unspecified atom stereocenters. The number of halogens is 1. The van der Waals surface area contributed by atoms with Gasteiger partial charge in [-0.2, -0.15) is 0 Å². The first kappa shape index (κ1) is 24.2. The average molecular weight is 433 g/mol. The second kappa shape index (κ2) is 9.35. The van der Waals surface area contributed by atoms with E-state index in [0.717, 1.165) is 16.8 Å². The zero-order valence-corrected chi connectivity index (χ0v) is 17.3. The van der Waals surface area contributed by atoms with E-state index in [1.54, 1.807) is 13.8 Å². The molecule has 170 valence electrons. The molecule has 0 radical (unpaired) electrons. The maximum atomic E-state index is 15.3. The van der Waals surface area contributed by atoms with Crippen molar-refractivity contribution in [1.82, 2.24) is 14.9 Å². The van der Waals surface area contributed by atoms with Crippen LogP contribution >= 0.6 is 0 Å². The van der Waals surface area contributed by atoms with Gasteiger partial charge in [-0.15, -0.1) is 0 Å². The van der Waals surface area contributed by atoms with Crippen LogP contribution in [-0.4, -0.2) is 68.8 Å². The fourth-order valence-electron chi connectivity index (χ4n) is 3.04. The molecule has 0 saturated carbocycles. The Labute approximate surface area is 171 Å². The number of nitrogens with one attached hydrogen (secondary N) is 2. The molecular formula is C18H28FN3O8. The maximum absolute atomic E-state index is 15.3. The summed E-state index contributed by atoms with van der Waals surface area (Å²) < 4.78 is 31.5. The van der Waals surface area contributed by atoms with Gasteiger partial charge in [-0.1, -0.05) is 6.92 Å². The van der Waals surface area contributed by atoms with Crippen molar-refractivity contribution in [3.05, 3.63) is 33.1 Å². The van der Waals surface area contributed by atoms with E-state index in [0.29, 0.717) is 0 Å². The molecule has 1 aliphatic rings. The summed E-state index contributed by atoms with van der Waals surface area (Å²) in [5, 5.41) is 23.9. The molecule has 0 bridgehead atoms. The Balaban J connectivity index is 2.07. The minimum Gasteiger partial charge on any atom is -0.462 e. The van der Waals surface area contributed by atoms with Gasteiger partial charge in [0.15, 0.2) is 6.23 Å². The Bertz CT molecular complexity index is 858. The van der Waals surface area contributed by atoms with E-state index in [1.807, 2.05) is 4.98 Å². The molecule has 5 atom stereocenters. The molecular weight excluding hydrogens is 405 g/mol.